The number of fused-ring (bicyclic) bond motifs is 1. The number of hydrogen-bond acceptors (Lipinski definition) is 7. The minimum absolute atomic E-state index is 0.0723. The summed E-state index contributed by atoms with van der Waals surface area (Å²) in [4.78, 5) is 25.4. The molecular formula is C26H27F3N8O. The van der Waals surface area contributed by atoms with Gasteiger partial charge in [0.05, 0.1) is 11.8 Å². The Morgan fingerprint density at radius 1 is 1.05 bits per heavy atom. The molecule has 1 amide bonds. The SMILES string of the molecule is Cc1ccc(C(=O)Nc2ccc(CN3CCN(C)CC3)c(C(F)(F)F)c2)cc1-c1cnn2c(N)ncnc12. The van der Waals surface area contributed by atoms with Crippen LogP contribution in [0.15, 0.2) is 48.9 Å². The fourth-order valence-corrected chi connectivity index (χ4v) is 4.58. The van der Waals surface area contributed by atoms with E-state index in [-0.39, 0.29) is 29.3 Å². The molecule has 1 saturated heterocycles. The number of nitrogens with zero attached hydrogens (tertiary/aromatic N) is 6. The van der Waals surface area contributed by atoms with Crippen molar-refractivity contribution in [3.63, 3.8) is 0 Å². The van der Waals surface area contributed by atoms with E-state index in [4.69, 9.17) is 5.73 Å². The van der Waals surface area contributed by atoms with Gasteiger partial charge >= 0.3 is 6.18 Å². The van der Waals surface area contributed by atoms with Gasteiger partial charge in [0.15, 0.2) is 5.65 Å². The molecule has 12 heteroatoms. The number of nitrogens with two attached hydrogens (primary N) is 1. The normalized spacial score (nSPS) is 15.2. The van der Waals surface area contributed by atoms with E-state index in [9.17, 15) is 18.0 Å². The number of nitrogens with one attached hydrogen (secondary N) is 1. The Kier molecular flexibility index (Phi) is 6.76. The number of aryl methyl sites for hydroxylation is 1. The average Bonchev–Trinajstić information content (AvgIpc) is 3.31. The van der Waals surface area contributed by atoms with Gasteiger partial charge in [-0.15, -0.1) is 0 Å². The van der Waals surface area contributed by atoms with Crippen LogP contribution in [0.1, 0.15) is 27.0 Å². The van der Waals surface area contributed by atoms with Gasteiger partial charge in [-0.3, -0.25) is 9.69 Å². The summed E-state index contributed by atoms with van der Waals surface area (Å²) >= 11 is 0. The largest absolute Gasteiger partial charge is 0.416 e. The van der Waals surface area contributed by atoms with Crippen LogP contribution in [0.2, 0.25) is 0 Å². The number of carbonyl (C=O) groups is 1. The fraction of sp³-hybridized carbons (Fsp3) is 0.308. The first-order chi connectivity index (χ1) is 18.1. The van der Waals surface area contributed by atoms with Crippen LogP contribution in [0.4, 0.5) is 24.8 Å². The molecule has 0 spiro atoms. The predicted molar refractivity (Wildman–Crippen MR) is 138 cm³/mol. The highest BCUT2D eigenvalue weighted by atomic mass is 19.4. The quantitative estimate of drug-likeness (QED) is 0.410. The van der Waals surface area contributed by atoms with Crippen molar-refractivity contribution >= 4 is 23.2 Å². The van der Waals surface area contributed by atoms with Crippen molar-refractivity contribution in [3.8, 4) is 11.1 Å². The van der Waals surface area contributed by atoms with Crippen molar-refractivity contribution in [1.29, 1.82) is 0 Å². The lowest BCUT2D eigenvalue weighted by Crippen LogP contribution is -2.44. The second-order valence-corrected chi connectivity index (χ2v) is 9.46. The standard InChI is InChI=1S/C26H27F3N8O/c1-16-3-4-17(11-20(16)21-13-33-37-23(21)31-15-32-25(37)30)24(38)34-19-6-5-18(22(12-19)26(27,28)29)14-36-9-7-35(2)8-10-36/h3-6,11-13,15H,7-10,14H2,1-2H3,(H,34,38)(H2,30,31,32). The van der Waals surface area contributed by atoms with Crippen LogP contribution in [0.3, 0.4) is 0 Å². The van der Waals surface area contributed by atoms with Gasteiger partial charge in [-0.2, -0.15) is 22.8 Å². The molecule has 198 valence electrons. The molecule has 0 bridgehead atoms. The van der Waals surface area contributed by atoms with E-state index in [1.807, 2.05) is 18.9 Å². The Bertz CT molecular complexity index is 1490. The summed E-state index contributed by atoms with van der Waals surface area (Å²) in [6.07, 6.45) is -1.64. The minimum atomic E-state index is -4.55. The van der Waals surface area contributed by atoms with Crippen LogP contribution in [0.5, 0.6) is 0 Å². The van der Waals surface area contributed by atoms with E-state index < -0.39 is 17.6 Å². The second-order valence-electron chi connectivity index (χ2n) is 9.46. The molecule has 3 N–H and O–H groups in total. The predicted octanol–water partition coefficient (Wildman–Crippen LogP) is 3.70. The number of piperazine rings is 1. The number of likely N-dealkylation sites (N-methyl/N-ethyl adjacent to an activating group) is 1. The lowest BCUT2D eigenvalue weighted by atomic mass is 9.99. The van der Waals surface area contributed by atoms with Crippen molar-refractivity contribution in [1.82, 2.24) is 29.4 Å². The van der Waals surface area contributed by atoms with Gasteiger partial charge in [0.25, 0.3) is 5.91 Å². The summed E-state index contributed by atoms with van der Waals surface area (Å²) in [5.74, 6) is -0.360. The van der Waals surface area contributed by atoms with E-state index >= 15 is 0 Å². The molecule has 38 heavy (non-hydrogen) atoms. The average molecular weight is 525 g/mol. The molecule has 3 heterocycles. The molecule has 2 aromatic carbocycles. The first-order valence-corrected chi connectivity index (χ1v) is 12.1. The lowest BCUT2D eigenvalue weighted by molar-refractivity contribution is -0.138. The summed E-state index contributed by atoms with van der Waals surface area (Å²) in [5.41, 5.74) is 8.34. The molecule has 9 nitrogen and oxygen atoms in total. The van der Waals surface area contributed by atoms with Gasteiger partial charge in [-0.1, -0.05) is 12.1 Å². The third-order valence-corrected chi connectivity index (χ3v) is 6.78. The monoisotopic (exact) mass is 524 g/mol. The summed E-state index contributed by atoms with van der Waals surface area (Å²) in [6, 6.07) is 9.00. The maximum atomic E-state index is 13.9. The molecule has 0 aliphatic carbocycles. The molecule has 5 rings (SSSR count). The third-order valence-electron chi connectivity index (χ3n) is 6.78. The lowest BCUT2D eigenvalue weighted by Gasteiger charge is -2.33. The number of amides is 1. The number of rotatable bonds is 5. The van der Waals surface area contributed by atoms with E-state index in [2.05, 4.69) is 25.3 Å². The highest BCUT2D eigenvalue weighted by Crippen LogP contribution is 2.35. The summed E-state index contributed by atoms with van der Waals surface area (Å²) in [5, 5.41) is 6.84. The second kappa shape index (κ2) is 10.0. The number of nitrogen functional groups attached to an aromatic ring is 1. The first-order valence-electron chi connectivity index (χ1n) is 12.1. The minimum Gasteiger partial charge on any atom is -0.368 e. The molecule has 2 aromatic heterocycles. The molecule has 1 aliphatic rings. The number of anilines is 2. The van der Waals surface area contributed by atoms with Crippen molar-refractivity contribution in [2.45, 2.75) is 19.6 Å². The summed E-state index contributed by atoms with van der Waals surface area (Å²) in [6.45, 7) is 5.10. The Hall–Kier alpha value is -4.03. The maximum Gasteiger partial charge on any atom is 0.416 e. The zero-order valence-corrected chi connectivity index (χ0v) is 21.0. The smallest absolute Gasteiger partial charge is 0.368 e. The molecule has 0 atom stereocenters. The highest BCUT2D eigenvalue weighted by Gasteiger charge is 2.34. The van der Waals surface area contributed by atoms with Crippen LogP contribution < -0.4 is 11.1 Å². The Morgan fingerprint density at radius 3 is 2.55 bits per heavy atom. The molecular weight excluding hydrogens is 497 g/mol. The van der Waals surface area contributed by atoms with E-state index in [0.29, 0.717) is 29.9 Å². The zero-order valence-electron chi connectivity index (χ0n) is 21.0. The summed E-state index contributed by atoms with van der Waals surface area (Å²) in [7, 11) is 2.00. The number of halogens is 3. The Labute approximate surface area is 217 Å². The molecule has 0 saturated carbocycles. The molecule has 1 aliphatic heterocycles. The van der Waals surface area contributed by atoms with Gasteiger partial charge in [0, 0.05) is 49.5 Å². The van der Waals surface area contributed by atoms with Gasteiger partial charge in [0.1, 0.15) is 6.33 Å². The number of aromatic nitrogens is 4. The molecule has 0 radical (unpaired) electrons. The van der Waals surface area contributed by atoms with Gasteiger partial charge in [0.2, 0.25) is 5.95 Å². The van der Waals surface area contributed by atoms with Crippen LogP contribution >= 0.6 is 0 Å². The Morgan fingerprint density at radius 2 is 1.82 bits per heavy atom. The van der Waals surface area contributed by atoms with Crippen LogP contribution in [0, 0.1) is 6.92 Å². The third kappa shape index (κ3) is 5.18. The van der Waals surface area contributed by atoms with E-state index in [1.165, 1.54) is 23.0 Å². The van der Waals surface area contributed by atoms with Gasteiger partial charge < -0.3 is 16.0 Å². The molecule has 4 aromatic rings. The summed E-state index contributed by atoms with van der Waals surface area (Å²) < 4.78 is 43.2. The number of hydrogen-bond donors (Lipinski definition) is 2. The first kappa shape index (κ1) is 25.6. The zero-order chi connectivity index (χ0) is 27.0. The van der Waals surface area contributed by atoms with Crippen LogP contribution in [0.25, 0.3) is 16.8 Å². The van der Waals surface area contributed by atoms with Gasteiger partial charge in [-0.25, -0.2) is 9.97 Å². The highest BCUT2D eigenvalue weighted by molar-refractivity contribution is 6.05. The van der Waals surface area contributed by atoms with Crippen molar-refractivity contribution in [2.75, 3.05) is 44.3 Å². The van der Waals surface area contributed by atoms with Crippen LogP contribution in [-0.2, 0) is 12.7 Å². The van der Waals surface area contributed by atoms with Crippen molar-refractivity contribution in [3.05, 3.63) is 71.2 Å². The molecule has 1 fully saturated rings. The van der Waals surface area contributed by atoms with Crippen LogP contribution in [-0.4, -0.2) is 68.5 Å². The van der Waals surface area contributed by atoms with Crippen molar-refractivity contribution < 1.29 is 18.0 Å². The van der Waals surface area contributed by atoms with Gasteiger partial charge in [-0.05, 0) is 54.9 Å². The maximum absolute atomic E-state index is 13.9. The fourth-order valence-electron chi connectivity index (χ4n) is 4.58. The number of benzene rings is 2. The number of carbonyl (C=O) groups excluding carboxylic acids is 1. The van der Waals surface area contributed by atoms with E-state index in [0.717, 1.165) is 24.7 Å². The van der Waals surface area contributed by atoms with Crippen molar-refractivity contribution in [2.24, 2.45) is 0 Å². The Balaban J connectivity index is 1.40. The topological polar surface area (TPSA) is 105 Å². The molecule has 0 unspecified atom stereocenters. The van der Waals surface area contributed by atoms with E-state index in [1.54, 1.807) is 24.4 Å². The number of alkyl halides is 3.